The van der Waals surface area contributed by atoms with Gasteiger partial charge in [-0.15, -0.1) is 0 Å². The van der Waals surface area contributed by atoms with E-state index in [9.17, 15) is 9.59 Å². The quantitative estimate of drug-likeness (QED) is 0.802. The summed E-state index contributed by atoms with van der Waals surface area (Å²) in [5.74, 6) is -0.266. The van der Waals surface area contributed by atoms with Crippen LogP contribution in [-0.4, -0.2) is 25.6 Å². The van der Waals surface area contributed by atoms with E-state index in [1.807, 2.05) is 0 Å². The number of methoxy groups -OCH3 is 1. The summed E-state index contributed by atoms with van der Waals surface area (Å²) in [5.41, 5.74) is 1.11. The first-order valence-corrected chi connectivity index (χ1v) is 7.77. The molecular formula is C17H16BrNO4. The Balaban J connectivity index is 2.29. The molecule has 23 heavy (non-hydrogen) atoms. The third kappa shape index (κ3) is 4.10. The van der Waals surface area contributed by atoms with E-state index in [4.69, 9.17) is 9.47 Å². The highest BCUT2D eigenvalue weighted by molar-refractivity contribution is 9.10. The fourth-order valence-electron chi connectivity index (χ4n) is 1.97. The SMILES string of the molecule is CCOC(=O)c1ccccc1NC(=O)c1cc(OC)ccc1Br. The minimum Gasteiger partial charge on any atom is -0.497 e. The zero-order valence-corrected chi connectivity index (χ0v) is 14.3. The fourth-order valence-corrected chi connectivity index (χ4v) is 2.40. The second-order valence-electron chi connectivity index (χ2n) is 4.57. The van der Waals surface area contributed by atoms with Crippen LogP contribution < -0.4 is 10.1 Å². The molecule has 6 heteroatoms. The van der Waals surface area contributed by atoms with Gasteiger partial charge in [-0.25, -0.2) is 4.79 Å². The number of hydrogen-bond acceptors (Lipinski definition) is 4. The zero-order valence-electron chi connectivity index (χ0n) is 12.8. The highest BCUT2D eigenvalue weighted by Gasteiger charge is 2.16. The summed E-state index contributed by atoms with van der Waals surface area (Å²) in [4.78, 5) is 24.4. The van der Waals surface area contributed by atoms with E-state index in [1.54, 1.807) is 49.4 Å². The van der Waals surface area contributed by atoms with Gasteiger partial charge in [0.05, 0.1) is 30.5 Å². The molecule has 0 fully saturated rings. The van der Waals surface area contributed by atoms with Crippen LogP contribution in [0.2, 0.25) is 0 Å². The minimum atomic E-state index is -0.479. The van der Waals surface area contributed by atoms with Gasteiger partial charge in [0.1, 0.15) is 5.75 Å². The summed E-state index contributed by atoms with van der Waals surface area (Å²) in [7, 11) is 1.53. The lowest BCUT2D eigenvalue weighted by atomic mass is 10.1. The number of esters is 1. The molecule has 0 radical (unpaired) electrons. The third-order valence-corrected chi connectivity index (χ3v) is 3.78. The number of para-hydroxylation sites is 1. The van der Waals surface area contributed by atoms with E-state index in [-0.39, 0.29) is 12.5 Å². The van der Waals surface area contributed by atoms with Crippen LogP contribution in [-0.2, 0) is 4.74 Å². The predicted octanol–water partition coefficient (Wildman–Crippen LogP) is 3.89. The maximum absolute atomic E-state index is 12.5. The van der Waals surface area contributed by atoms with Crippen molar-refractivity contribution >= 4 is 33.5 Å². The number of carbonyl (C=O) groups is 2. The Kier molecular flexibility index (Phi) is 5.76. The Morgan fingerprint density at radius 1 is 1.13 bits per heavy atom. The summed E-state index contributed by atoms with van der Waals surface area (Å²) in [6.07, 6.45) is 0. The molecule has 0 spiro atoms. The van der Waals surface area contributed by atoms with Gasteiger partial charge in [0, 0.05) is 4.47 Å². The van der Waals surface area contributed by atoms with Crippen LogP contribution in [0.1, 0.15) is 27.6 Å². The van der Waals surface area contributed by atoms with E-state index in [2.05, 4.69) is 21.2 Å². The van der Waals surface area contributed by atoms with E-state index in [0.717, 1.165) is 0 Å². The molecule has 1 N–H and O–H groups in total. The molecular weight excluding hydrogens is 362 g/mol. The van der Waals surface area contributed by atoms with Crippen molar-refractivity contribution in [3.05, 3.63) is 58.1 Å². The number of benzene rings is 2. The maximum Gasteiger partial charge on any atom is 0.340 e. The second-order valence-corrected chi connectivity index (χ2v) is 5.42. The lowest BCUT2D eigenvalue weighted by Gasteiger charge is -2.12. The number of rotatable bonds is 5. The van der Waals surface area contributed by atoms with Crippen molar-refractivity contribution in [3.63, 3.8) is 0 Å². The summed E-state index contributed by atoms with van der Waals surface area (Å²) >= 11 is 3.34. The maximum atomic E-state index is 12.5. The third-order valence-electron chi connectivity index (χ3n) is 3.09. The topological polar surface area (TPSA) is 64.6 Å². The molecule has 120 valence electrons. The monoisotopic (exact) mass is 377 g/mol. The van der Waals surface area contributed by atoms with Gasteiger partial charge in [-0.3, -0.25) is 4.79 Å². The highest BCUT2D eigenvalue weighted by atomic mass is 79.9. The molecule has 2 aromatic rings. The number of carbonyl (C=O) groups excluding carboxylic acids is 2. The number of nitrogens with one attached hydrogen (secondary N) is 1. The van der Waals surface area contributed by atoms with Crippen LogP contribution in [0.25, 0.3) is 0 Å². The first kappa shape index (κ1) is 17.0. The average Bonchev–Trinajstić information content (AvgIpc) is 2.56. The molecule has 2 rings (SSSR count). The van der Waals surface area contributed by atoms with Crippen LogP contribution in [0.15, 0.2) is 46.9 Å². The standard InChI is InChI=1S/C17H16BrNO4/c1-3-23-17(21)12-6-4-5-7-15(12)19-16(20)13-10-11(22-2)8-9-14(13)18/h4-10H,3H2,1-2H3,(H,19,20). The lowest BCUT2D eigenvalue weighted by Crippen LogP contribution is -2.16. The van der Waals surface area contributed by atoms with Crippen molar-refractivity contribution in [1.82, 2.24) is 0 Å². The molecule has 0 saturated carbocycles. The van der Waals surface area contributed by atoms with Gasteiger partial charge in [-0.2, -0.15) is 0 Å². The normalized spacial score (nSPS) is 10.0. The van der Waals surface area contributed by atoms with E-state index in [1.165, 1.54) is 7.11 Å². The fraction of sp³-hybridized carbons (Fsp3) is 0.176. The van der Waals surface area contributed by atoms with Crippen LogP contribution in [0.3, 0.4) is 0 Å². The van der Waals surface area contributed by atoms with E-state index in [0.29, 0.717) is 27.0 Å². The average molecular weight is 378 g/mol. The van der Waals surface area contributed by atoms with Gasteiger partial charge in [0.2, 0.25) is 0 Å². The minimum absolute atomic E-state index is 0.266. The zero-order chi connectivity index (χ0) is 16.8. The number of halogens is 1. The Morgan fingerprint density at radius 2 is 1.87 bits per heavy atom. The Bertz CT molecular complexity index is 730. The molecule has 0 heterocycles. The van der Waals surface area contributed by atoms with Crippen molar-refractivity contribution in [1.29, 1.82) is 0 Å². The second kappa shape index (κ2) is 7.78. The first-order valence-electron chi connectivity index (χ1n) is 6.97. The molecule has 0 aliphatic heterocycles. The Hall–Kier alpha value is -2.34. The van der Waals surface area contributed by atoms with Gasteiger partial charge in [-0.05, 0) is 53.2 Å². The van der Waals surface area contributed by atoms with Crippen molar-refractivity contribution in [2.24, 2.45) is 0 Å². The van der Waals surface area contributed by atoms with Crippen molar-refractivity contribution < 1.29 is 19.1 Å². The largest absolute Gasteiger partial charge is 0.497 e. The van der Waals surface area contributed by atoms with Gasteiger partial charge >= 0.3 is 5.97 Å². The Morgan fingerprint density at radius 3 is 2.57 bits per heavy atom. The van der Waals surface area contributed by atoms with Gasteiger partial charge in [0.25, 0.3) is 5.91 Å². The van der Waals surface area contributed by atoms with Gasteiger partial charge in [-0.1, -0.05) is 12.1 Å². The Labute approximate surface area is 142 Å². The molecule has 0 bridgehead atoms. The van der Waals surface area contributed by atoms with Gasteiger partial charge in [0.15, 0.2) is 0 Å². The molecule has 2 aromatic carbocycles. The van der Waals surface area contributed by atoms with Crippen molar-refractivity contribution in [2.75, 3.05) is 19.0 Å². The first-order chi connectivity index (χ1) is 11.1. The smallest absolute Gasteiger partial charge is 0.340 e. The molecule has 0 atom stereocenters. The van der Waals surface area contributed by atoms with Crippen LogP contribution in [0.4, 0.5) is 5.69 Å². The summed E-state index contributed by atoms with van der Waals surface area (Å²) < 4.78 is 10.8. The predicted molar refractivity (Wildman–Crippen MR) is 91.0 cm³/mol. The molecule has 0 aromatic heterocycles. The molecule has 0 aliphatic carbocycles. The number of amides is 1. The van der Waals surface area contributed by atoms with Gasteiger partial charge < -0.3 is 14.8 Å². The lowest BCUT2D eigenvalue weighted by molar-refractivity contribution is 0.0527. The van der Waals surface area contributed by atoms with Crippen molar-refractivity contribution in [2.45, 2.75) is 6.92 Å². The molecule has 0 aliphatic rings. The van der Waals surface area contributed by atoms with Crippen LogP contribution in [0.5, 0.6) is 5.75 Å². The molecule has 1 amide bonds. The summed E-state index contributed by atoms with van der Waals surface area (Å²) in [6, 6.07) is 11.8. The summed E-state index contributed by atoms with van der Waals surface area (Å²) in [5, 5.41) is 2.73. The number of ether oxygens (including phenoxy) is 2. The molecule has 5 nitrogen and oxygen atoms in total. The van der Waals surface area contributed by atoms with Crippen LogP contribution >= 0.6 is 15.9 Å². The number of anilines is 1. The van der Waals surface area contributed by atoms with E-state index < -0.39 is 5.97 Å². The highest BCUT2D eigenvalue weighted by Crippen LogP contribution is 2.24. The summed E-state index contributed by atoms with van der Waals surface area (Å²) in [6.45, 7) is 2.00. The van der Waals surface area contributed by atoms with Crippen LogP contribution in [0, 0.1) is 0 Å². The van der Waals surface area contributed by atoms with Crippen molar-refractivity contribution in [3.8, 4) is 5.75 Å². The number of hydrogen-bond donors (Lipinski definition) is 1. The molecule has 0 unspecified atom stereocenters. The van der Waals surface area contributed by atoms with E-state index >= 15 is 0 Å². The molecule has 0 saturated heterocycles.